The summed E-state index contributed by atoms with van der Waals surface area (Å²) in [5, 5.41) is 8.30. The average Bonchev–Trinajstić information content (AvgIpc) is 2.03. The van der Waals surface area contributed by atoms with Gasteiger partial charge in [-0.25, -0.2) is 0 Å². The zero-order chi connectivity index (χ0) is 9.19. The number of hydrogen-bond donors (Lipinski definition) is 0. The summed E-state index contributed by atoms with van der Waals surface area (Å²) in [5.74, 6) is 0. The molecule has 0 bridgehead atoms. The van der Waals surface area contributed by atoms with Crippen molar-refractivity contribution in [3.05, 3.63) is 35.4 Å². The van der Waals surface area contributed by atoms with Gasteiger partial charge in [-0.05, 0) is 24.3 Å². The molecule has 0 N–H and O–H groups in total. The number of nitrogens with zero attached hydrogens (tertiary/aromatic N) is 1. The predicted octanol–water partition coefficient (Wildman–Crippen LogP) is 2.58. The minimum absolute atomic E-state index is 0.225. The second-order valence-corrected chi connectivity index (χ2v) is 2.19. The fourth-order valence-electron chi connectivity index (χ4n) is 0.734. The molecule has 0 heterocycles. The van der Waals surface area contributed by atoms with Crippen LogP contribution in [0.2, 0.25) is 0 Å². The maximum Gasteiger partial charge on any atom is 0.416 e. The van der Waals surface area contributed by atoms with E-state index < -0.39 is 11.7 Å². The van der Waals surface area contributed by atoms with Gasteiger partial charge in [0.1, 0.15) is 0 Å². The summed E-state index contributed by atoms with van der Waals surface area (Å²) < 4.78 is 35.8. The van der Waals surface area contributed by atoms with Crippen LogP contribution < -0.4 is 0 Å². The molecule has 0 amide bonds. The molecule has 0 radical (unpaired) electrons. The van der Waals surface area contributed by atoms with E-state index in [4.69, 9.17) is 5.26 Å². The van der Waals surface area contributed by atoms with Crippen LogP contribution in [0.4, 0.5) is 13.2 Å². The molecular weight excluding hydrogens is 168 g/mol. The van der Waals surface area contributed by atoms with E-state index in [1.807, 2.05) is 0 Å². The van der Waals surface area contributed by atoms with Gasteiger partial charge >= 0.3 is 6.18 Å². The van der Waals surface area contributed by atoms with Crippen molar-refractivity contribution >= 4 is 0 Å². The van der Waals surface area contributed by atoms with Crippen LogP contribution in [0.15, 0.2) is 24.3 Å². The Morgan fingerprint density at radius 1 is 1.08 bits per heavy atom. The minimum atomic E-state index is -4.33. The number of alkyl halides is 3. The molecule has 62 valence electrons. The molecule has 0 aliphatic heterocycles. The van der Waals surface area contributed by atoms with Crippen molar-refractivity contribution < 1.29 is 13.2 Å². The first kappa shape index (κ1) is 8.60. The fourth-order valence-corrected chi connectivity index (χ4v) is 0.734. The van der Waals surface area contributed by atoms with E-state index in [0.717, 1.165) is 24.3 Å². The number of rotatable bonds is 0. The molecule has 0 saturated carbocycles. The van der Waals surface area contributed by atoms with E-state index >= 15 is 0 Å². The summed E-state index contributed by atoms with van der Waals surface area (Å²) in [6.45, 7) is 0. The zero-order valence-electron chi connectivity index (χ0n) is 5.89. The Morgan fingerprint density at radius 3 is 1.92 bits per heavy atom. The van der Waals surface area contributed by atoms with Gasteiger partial charge in [0.2, 0.25) is 0 Å². The molecule has 4 heteroatoms. The average molecular weight is 172 g/mol. The van der Waals surface area contributed by atoms with Gasteiger partial charge in [0.15, 0.2) is 0 Å². The van der Waals surface area contributed by atoms with Crippen molar-refractivity contribution in [2.45, 2.75) is 6.18 Å². The molecule has 0 aliphatic rings. The van der Waals surface area contributed by atoms with E-state index in [1.165, 1.54) is 0 Å². The number of nitriles is 1. The van der Waals surface area contributed by atoms with Gasteiger partial charge in [-0.2, -0.15) is 18.4 Å². The summed E-state index contributed by atoms with van der Waals surface area (Å²) in [6, 6.07) is 5.80. The van der Waals surface area contributed by atoms with E-state index in [1.54, 1.807) is 6.07 Å². The zero-order valence-corrected chi connectivity index (χ0v) is 5.89. The lowest BCUT2D eigenvalue weighted by Gasteiger charge is -2.04. The Labute approximate surface area is 67.1 Å². The first-order chi connectivity index (χ1) is 5.54. The summed E-state index contributed by atoms with van der Waals surface area (Å²) in [5.41, 5.74) is -0.510. The van der Waals surface area contributed by atoms with E-state index in [0.29, 0.717) is 0 Å². The molecule has 0 atom stereocenters. The first-order valence-corrected chi connectivity index (χ1v) is 3.11. The molecule has 0 fully saturated rings. The van der Waals surface area contributed by atoms with Crippen molar-refractivity contribution in [1.29, 1.82) is 5.26 Å². The van der Waals surface area contributed by atoms with Crippen LogP contribution >= 0.6 is 0 Å². The Bertz CT molecular complexity index is 305. The summed E-state index contributed by atoms with van der Waals surface area (Å²) >= 11 is 0. The van der Waals surface area contributed by atoms with Crippen LogP contribution in [0.3, 0.4) is 0 Å². The van der Waals surface area contributed by atoms with E-state index in [2.05, 4.69) is 0 Å². The fraction of sp³-hybridized carbons (Fsp3) is 0.125. The largest absolute Gasteiger partial charge is 0.416 e. The lowest BCUT2D eigenvalue weighted by molar-refractivity contribution is -0.137. The Morgan fingerprint density at radius 2 is 1.58 bits per heavy atom. The van der Waals surface area contributed by atoms with Crippen LogP contribution in [-0.4, -0.2) is 0 Å². The first-order valence-electron chi connectivity index (χ1n) is 3.11. The molecule has 0 spiro atoms. The molecular formula is C8H4F3N. The van der Waals surface area contributed by atoms with Crippen LogP contribution in [0.25, 0.3) is 0 Å². The van der Waals surface area contributed by atoms with Crippen molar-refractivity contribution in [2.24, 2.45) is 0 Å². The normalized spacial score (nSPS) is 10.8. The molecule has 0 saturated heterocycles. The molecule has 0 aliphatic carbocycles. The van der Waals surface area contributed by atoms with Crippen molar-refractivity contribution in [3.8, 4) is 6.07 Å². The smallest absolute Gasteiger partial charge is 0.192 e. The molecule has 0 aromatic heterocycles. The van der Waals surface area contributed by atoms with Crippen molar-refractivity contribution in [3.63, 3.8) is 0 Å². The highest BCUT2D eigenvalue weighted by molar-refractivity contribution is 5.32. The molecule has 12 heavy (non-hydrogen) atoms. The molecule has 0 unspecified atom stereocenters. The highest BCUT2D eigenvalue weighted by Gasteiger charge is 2.29. The van der Waals surface area contributed by atoms with Crippen molar-refractivity contribution in [2.75, 3.05) is 0 Å². The molecule has 1 aromatic rings. The Kier molecular flexibility index (Phi) is 2.05. The third-order valence-corrected chi connectivity index (χ3v) is 1.34. The highest BCUT2D eigenvalue weighted by atomic mass is 19.4. The third kappa shape index (κ3) is 1.76. The molecule has 1 nitrogen and oxygen atoms in total. The van der Waals surface area contributed by atoms with Crippen LogP contribution in [-0.2, 0) is 6.18 Å². The third-order valence-electron chi connectivity index (χ3n) is 1.34. The van der Waals surface area contributed by atoms with Crippen LogP contribution in [0, 0.1) is 11.3 Å². The summed E-state index contributed by atoms with van der Waals surface area (Å²) in [7, 11) is 0. The second-order valence-electron chi connectivity index (χ2n) is 2.19. The van der Waals surface area contributed by atoms with Gasteiger partial charge in [0, 0.05) is 0 Å². The van der Waals surface area contributed by atoms with Gasteiger partial charge < -0.3 is 0 Å². The maximum atomic E-state index is 11.9. The Balaban J connectivity index is 3.02. The highest BCUT2D eigenvalue weighted by Crippen LogP contribution is 2.28. The van der Waals surface area contributed by atoms with Gasteiger partial charge in [-0.15, -0.1) is 0 Å². The number of benzene rings is 1. The van der Waals surface area contributed by atoms with Crippen molar-refractivity contribution in [1.82, 2.24) is 0 Å². The predicted molar refractivity (Wildman–Crippen MR) is 36.2 cm³/mol. The van der Waals surface area contributed by atoms with Gasteiger partial charge in [-0.1, -0.05) is 0 Å². The van der Waals surface area contributed by atoms with Crippen LogP contribution in [0.1, 0.15) is 11.1 Å². The van der Waals surface area contributed by atoms with E-state index in [-0.39, 0.29) is 5.56 Å². The van der Waals surface area contributed by atoms with Gasteiger partial charge in [-0.3, -0.25) is 0 Å². The lowest BCUT2D eigenvalue weighted by Crippen LogP contribution is -2.03. The van der Waals surface area contributed by atoms with E-state index in [9.17, 15) is 13.2 Å². The SMILES string of the molecule is [15N]#Cc1ccc(C(F)(F)F)cc1. The quantitative estimate of drug-likeness (QED) is 0.551. The number of halogens is 3. The topological polar surface area (TPSA) is 23.8 Å². The molecule has 1 rings (SSSR count). The maximum absolute atomic E-state index is 11.9. The second kappa shape index (κ2) is 2.86. The lowest BCUT2D eigenvalue weighted by atomic mass is 10.1. The standard InChI is InChI=1S/C8H4F3N/c9-8(10,11)7-3-1-6(5-12)2-4-7/h1-4H/i12+1. The van der Waals surface area contributed by atoms with Crippen LogP contribution in [0.5, 0.6) is 0 Å². The number of hydrogen-bond acceptors (Lipinski definition) is 1. The van der Waals surface area contributed by atoms with Gasteiger partial charge in [0.25, 0.3) is 0 Å². The molecule has 1 aromatic carbocycles. The summed E-state index contributed by atoms with van der Waals surface area (Å²) in [6.07, 6.45) is -4.33. The Hall–Kier alpha value is -1.50. The van der Waals surface area contributed by atoms with Gasteiger partial charge in [0.05, 0.1) is 17.2 Å². The minimum Gasteiger partial charge on any atom is -0.192 e. The summed E-state index contributed by atoms with van der Waals surface area (Å²) in [4.78, 5) is 0. The monoisotopic (exact) mass is 172 g/mol.